The summed E-state index contributed by atoms with van der Waals surface area (Å²) in [5.41, 5.74) is 0. The van der Waals surface area contributed by atoms with Gasteiger partial charge in [-0.05, 0) is 6.29 Å². The zero-order chi connectivity index (χ0) is 3.41. The van der Waals surface area contributed by atoms with Crippen LogP contribution in [0.1, 0.15) is 0 Å². The fourth-order valence-corrected chi connectivity index (χ4v) is 0. The molecule has 40 valence electrons. The van der Waals surface area contributed by atoms with Crippen LogP contribution < -0.4 is 0 Å². The molecule has 1 nitrogen and oxygen atoms in total. The first-order valence-corrected chi connectivity index (χ1v) is 0.901. The van der Waals surface area contributed by atoms with Gasteiger partial charge in [0.1, 0.15) is 0 Å². The molecule has 0 amide bonds. The first-order chi connectivity index (χ1) is 1.91. The third-order valence-corrected chi connectivity index (χ3v) is 0.0833. The first-order valence-electron chi connectivity index (χ1n) is 0.901. The zero-order valence-corrected chi connectivity index (χ0v) is 13.0. The van der Waals surface area contributed by atoms with Crippen LogP contribution in [0, 0.1) is 31.1 Å². The summed E-state index contributed by atoms with van der Waals surface area (Å²) in [4.78, 5) is 8.93. The van der Waals surface area contributed by atoms with Crippen LogP contribution in [0.3, 0.4) is 0 Å². The van der Waals surface area contributed by atoms with Gasteiger partial charge in [0.15, 0.2) is 0 Å². The van der Waals surface area contributed by atoms with Crippen molar-refractivity contribution in [1.82, 2.24) is 0 Å². The molecule has 0 aromatic rings. The molecule has 0 aliphatic rings. The van der Waals surface area contributed by atoms with Gasteiger partial charge in [0, 0.05) is 72.0 Å². The number of allylic oxidation sites excluding steroid dienone is 1. The number of carbonyl (C=O) groups excluding carboxylic acids is 1. The van der Waals surface area contributed by atoms with Crippen molar-refractivity contribution >= 4 is 6.29 Å². The summed E-state index contributed by atoms with van der Waals surface area (Å²) in [6.45, 7) is 3.06. The van der Waals surface area contributed by atoms with Crippen LogP contribution in [0.15, 0.2) is 12.7 Å². The molecule has 0 saturated heterocycles. The molecular formula is C3H3ORe2U-. The van der Waals surface area contributed by atoms with Crippen LogP contribution in [0.5, 0.6) is 0 Å². The molecule has 0 unspecified atom stereocenters. The molecule has 4 heteroatoms. The Bertz CT molecular complexity index is 33.9. The summed E-state index contributed by atoms with van der Waals surface area (Å²) in [5.74, 6) is 0. The van der Waals surface area contributed by atoms with E-state index >= 15 is 0 Å². The normalized spacial score (nSPS) is 2.86. The molecule has 0 spiro atoms. The van der Waals surface area contributed by atoms with E-state index in [1.807, 2.05) is 0 Å². The Morgan fingerprint density at radius 3 is 1.57 bits per heavy atom. The van der Waals surface area contributed by atoms with Gasteiger partial charge >= 0.3 is 0 Å². The standard InChI is InChI=1S/C3H3O.2Re.U/c1-2-3-4;;;/h2H,1H2;;;/q-1;;;. The molecule has 0 aliphatic heterocycles. The van der Waals surface area contributed by atoms with E-state index in [2.05, 4.69) is 6.58 Å². The maximum Gasteiger partial charge on any atom is 0 e. The fraction of sp³-hybridized carbons (Fsp3) is 0. The largest absolute Gasteiger partial charge is 0.419 e. The van der Waals surface area contributed by atoms with Crippen molar-refractivity contribution in [3.63, 3.8) is 0 Å². The van der Waals surface area contributed by atoms with Crippen LogP contribution >= 0.6 is 0 Å². The quantitative estimate of drug-likeness (QED) is 0.291. The minimum absolute atomic E-state index is 0. The van der Waals surface area contributed by atoms with E-state index in [1.165, 1.54) is 6.29 Å². The molecular weight excluding hydrogens is 662 g/mol. The van der Waals surface area contributed by atoms with Gasteiger partial charge in [-0.1, -0.05) is 0 Å². The SMILES string of the molecule is C=C[C-]=O.[Re].[Re].[U]. The maximum absolute atomic E-state index is 8.93. The molecule has 0 aromatic heterocycles. The second-order valence-electron chi connectivity index (χ2n) is 0.322. The Balaban J connectivity index is -0.0000000150. The van der Waals surface area contributed by atoms with Crippen LogP contribution in [0.2, 0.25) is 0 Å². The van der Waals surface area contributed by atoms with E-state index < -0.39 is 0 Å². The van der Waals surface area contributed by atoms with Crippen molar-refractivity contribution < 1.29 is 76.8 Å². The average Bonchev–Trinajstić information content (AvgIpc) is 1.37. The van der Waals surface area contributed by atoms with E-state index in [0.717, 1.165) is 6.08 Å². The summed E-state index contributed by atoms with van der Waals surface area (Å²) >= 11 is 0. The Hall–Kier alpha value is 1.79. The van der Waals surface area contributed by atoms with Gasteiger partial charge in [-0.2, -0.15) is 0 Å². The van der Waals surface area contributed by atoms with Crippen LogP contribution in [0.4, 0.5) is 0 Å². The first kappa shape index (κ1) is 23.3. The van der Waals surface area contributed by atoms with Gasteiger partial charge in [0.2, 0.25) is 0 Å². The smallest absolute Gasteiger partial charge is 0 e. The summed E-state index contributed by atoms with van der Waals surface area (Å²) in [7, 11) is 0. The van der Waals surface area contributed by atoms with Gasteiger partial charge < -0.3 is 4.79 Å². The van der Waals surface area contributed by atoms with Gasteiger partial charge in [-0.25, -0.2) is 12.7 Å². The third kappa shape index (κ3) is 33.6. The summed E-state index contributed by atoms with van der Waals surface area (Å²) in [5, 5.41) is 0. The second kappa shape index (κ2) is 25.0. The molecule has 0 bridgehead atoms. The number of hydrogen-bond acceptors (Lipinski definition) is 1. The Labute approximate surface area is 94.4 Å². The molecule has 0 aliphatic carbocycles. The summed E-state index contributed by atoms with van der Waals surface area (Å²) < 4.78 is 0. The van der Waals surface area contributed by atoms with E-state index in [1.54, 1.807) is 0 Å². The van der Waals surface area contributed by atoms with Crippen LogP contribution in [-0.4, -0.2) is 6.29 Å². The molecule has 0 heterocycles. The van der Waals surface area contributed by atoms with Crippen molar-refractivity contribution in [2.45, 2.75) is 0 Å². The minimum atomic E-state index is 0. The Morgan fingerprint density at radius 2 is 1.57 bits per heavy atom. The number of rotatable bonds is 1. The van der Waals surface area contributed by atoms with Gasteiger partial charge in [-0.3, -0.25) is 0 Å². The molecule has 0 N–H and O–H groups in total. The van der Waals surface area contributed by atoms with Gasteiger partial charge in [0.25, 0.3) is 0 Å². The molecule has 0 rings (SSSR count). The van der Waals surface area contributed by atoms with Crippen molar-refractivity contribution in [3.05, 3.63) is 12.7 Å². The van der Waals surface area contributed by atoms with Crippen molar-refractivity contribution in [1.29, 1.82) is 0 Å². The molecule has 0 aromatic carbocycles. The van der Waals surface area contributed by atoms with Gasteiger partial charge in [0.05, 0.1) is 0 Å². The summed E-state index contributed by atoms with van der Waals surface area (Å²) in [6.07, 6.45) is 2.51. The van der Waals surface area contributed by atoms with Crippen molar-refractivity contribution in [2.75, 3.05) is 0 Å². The second-order valence-corrected chi connectivity index (χ2v) is 0.322. The minimum Gasteiger partial charge on any atom is -0.419 e. The number of hydrogen-bond donors (Lipinski definition) is 0. The predicted octanol–water partition coefficient (Wildman–Crippen LogP) is 0.277. The molecule has 2 radical (unpaired) electrons. The van der Waals surface area contributed by atoms with E-state index in [4.69, 9.17) is 4.79 Å². The molecule has 0 saturated carbocycles. The van der Waals surface area contributed by atoms with Gasteiger partial charge in [-0.15, -0.1) is 0 Å². The Kier molecular flexibility index (Phi) is 83.1. The monoisotopic (exact) mass is 667 g/mol. The van der Waals surface area contributed by atoms with Crippen LogP contribution in [-0.2, 0) is 45.6 Å². The van der Waals surface area contributed by atoms with Crippen LogP contribution in [0.25, 0.3) is 0 Å². The topological polar surface area (TPSA) is 17.1 Å². The Morgan fingerprint density at radius 1 is 1.43 bits per heavy atom. The third-order valence-electron chi connectivity index (χ3n) is 0.0833. The fourth-order valence-electron chi connectivity index (χ4n) is 0. The predicted molar refractivity (Wildman–Crippen MR) is 15.9 cm³/mol. The summed E-state index contributed by atoms with van der Waals surface area (Å²) in [6, 6.07) is 0. The average molecular weight is 665 g/mol. The van der Waals surface area contributed by atoms with E-state index in [0.29, 0.717) is 0 Å². The zero-order valence-electron chi connectivity index (χ0n) is 3.45. The molecule has 0 fully saturated rings. The van der Waals surface area contributed by atoms with E-state index in [-0.39, 0.29) is 72.0 Å². The molecule has 7 heavy (non-hydrogen) atoms. The van der Waals surface area contributed by atoms with Crippen molar-refractivity contribution in [3.8, 4) is 0 Å². The van der Waals surface area contributed by atoms with Crippen molar-refractivity contribution in [2.24, 2.45) is 0 Å². The van der Waals surface area contributed by atoms with E-state index in [9.17, 15) is 0 Å². The molecule has 0 atom stereocenters. The maximum atomic E-state index is 8.93.